The number of hydrogen-bond donors (Lipinski definition) is 2. The van der Waals surface area contributed by atoms with Gasteiger partial charge in [-0.3, -0.25) is 0 Å². The van der Waals surface area contributed by atoms with Gasteiger partial charge in [-0.15, -0.1) is 0 Å². The molecule has 3 fully saturated rings. The van der Waals surface area contributed by atoms with Gasteiger partial charge in [0, 0.05) is 30.7 Å². The number of rotatable bonds is 2. The van der Waals surface area contributed by atoms with Crippen LogP contribution in [0.5, 0.6) is 0 Å². The predicted octanol–water partition coefficient (Wildman–Crippen LogP) is 0.633. The molecule has 0 aromatic carbocycles. The molecule has 0 amide bonds. The van der Waals surface area contributed by atoms with Crippen LogP contribution in [0.3, 0.4) is 0 Å². The molecule has 2 aliphatic carbocycles. The summed E-state index contributed by atoms with van der Waals surface area (Å²) in [5.41, 5.74) is 6.14. The van der Waals surface area contributed by atoms with Gasteiger partial charge in [0.25, 0.3) is 0 Å². The van der Waals surface area contributed by atoms with Crippen molar-refractivity contribution in [3.63, 3.8) is 0 Å². The molecule has 14 heavy (non-hydrogen) atoms. The molecule has 3 rings (SSSR count). The minimum absolute atomic E-state index is 0.350. The number of nitrogens with two attached hydrogens (primary N) is 1. The van der Waals surface area contributed by atoms with Gasteiger partial charge in [-0.05, 0) is 19.3 Å². The van der Waals surface area contributed by atoms with E-state index in [2.05, 4.69) is 5.32 Å². The molecule has 3 aliphatic rings. The molecule has 0 aromatic rings. The molecule has 1 saturated heterocycles. The van der Waals surface area contributed by atoms with Crippen LogP contribution in [0.25, 0.3) is 0 Å². The van der Waals surface area contributed by atoms with Gasteiger partial charge < -0.3 is 15.8 Å². The van der Waals surface area contributed by atoms with Crippen LogP contribution in [-0.4, -0.2) is 30.8 Å². The summed E-state index contributed by atoms with van der Waals surface area (Å²) >= 11 is 0. The topological polar surface area (TPSA) is 47.3 Å². The standard InChI is InChI=1S/C11H20N2O/c12-9-8-5-6-14-11(8)10(9)13-7-3-1-2-4-7/h7-11,13H,1-6,12H2. The molecule has 0 aromatic heterocycles. The van der Waals surface area contributed by atoms with Crippen LogP contribution in [0.1, 0.15) is 32.1 Å². The summed E-state index contributed by atoms with van der Waals surface area (Å²) in [4.78, 5) is 0. The summed E-state index contributed by atoms with van der Waals surface area (Å²) < 4.78 is 5.70. The first kappa shape index (κ1) is 9.13. The third-order valence-electron chi connectivity index (χ3n) is 4.23. The van der Waals surface area contributed by atoms with Crippen molar-refractivity contribution in [3.8, 4) is 0 Å². The zero-order valence-electron chi connectivity index (χ0n) is 8.61. The molecule has 2 saturated carbocycles. The van der Waals surface area contributed by atoms with Gasteiger partial charge in [-0.1, -0.05) is 12.8 Å². The Morgan fingerprint density at radius 3 is 2.71 bits per heavy atom. The molecule has 3 heteroatoms. The Bertz CT molecular complexity index is 215. The lowest BCUT2D eigenvalue weighted by molar-refractivity contribution is -0.0222. The number of nitrogens with one attached hydrogen (secondary N) is 1. The van der Waals surface area contributed by atoms with Gasteiger partial charge in [0.1, 0.15) is 0 Å². The smallest absolute Gasteiger partial charge is 0.0787 e. The Morgan fingerprint density at radius 2 is 1.93 bits per heavy atom. The Balaban J connectivity index is 1.57. The van der Waals surface area contributed by atoms with Crippen molar-refractivity contribution in [1.29, 1.82) is 0 Å². The van der Waals surface area contributed by atoms with Crippen molar-refractivity contribution in [3.05, 3.63) is 0 Å². The molecule has 3 nitrogen and oxygen atoms in total. The van der Waals surface area contributed by atoms with E-state index in [1.54, 1.807) is 0 Å². The molecule has 4 unspecified atom stereocenters. The zero-order valence-corrected chi connectivity index (χ0v) is 8.61. The summed E-state index contributed by atoms with van der Waals surface area (Å²) in [5.74, 6) is 0.647. The van der Waals surface area contributed by atoms with Crippen LogP contribution in [0.2, 0.25) is 0 Å². The quantitative estimate of drug-likeness (QED) is 0.681. The van der Waals surface area contributed by atoms with Crippen molar-refractivity contribution in [2.45, 2.75) is 56.3 Å². The van der Waals surface area contributed by atoms with Crippen molar-refractivity contribution in [2.24, 2.45) is 11.7 Å². The van der Waals surface area contributed by atoms with Crippen LogP contribution < -0.4 is 11.1 Å². The van der Waals surface area contributed by atoms with E-state index in [0.29, 0.717) is 24.1 Å². The van der Waals surface area contributed by atoms with Crippen LogP contribution in [-0.2, 0) is 4.74 Å². The first-order chi connectivity index (χ1) is 6.86. The predicted molar refractivity (Wildman–Crippen MR) is 55.0 cm³/mol. The molecular formula is C11H20N2O. The van der Waals surface area contributed by atoms with Gasteiger partial charge in [-0.2, -0.15) is 0 Å². The summed E-state index contributed by atoms with van der Waals surface area (Å²) in [6.45, 7) is 0.922. The fourth-order valence-corrected chi connectivity index (χ4v) is 3.32. The Morgan fingerprint density at radius 1 is 1.14 bits per heavy atom. The Kier molecular flexibility index (Phi) is 2.26. The summed E-state index contributed by atoms with van der Waals surface area (Å²) in [6.07, 6.45) is 7.05. The number of ether oxygens (including phenoxy) is 1. The lowest BCUT2D eigenvalue weighted by Gasteiger charge is -2.47. The van der Waals surface area contributed by atoms with Crippen molar-refractivity contribution < 1.29 is 4.74 Å². The second kappa shape index (κ2) is 3.47. The largest absolute Gasteiger partial charge is 0.376 e. The summed E-state index contributed by atoms with van der Waals surface area (Å²) in [5, 5.41) is 3.69. The van der Waals surface area contributed by atoms with Crippen LogP contribution in [0, 0.1) is 5.92 Å². The Hall–Kier alpha value is -0.120. The number of fused-ring (bicyclic) bond motifs is 1. The maximum atomic E-state index is 6.14. The maximum Gasteiger partial charge on any atom is 0.0787 e. The van der Waals surface area contributed by atoms with Gasteiger partial charge in [-0.25, -0.2) is 0 Å². The van der Waals surface area contributed by atoms with E-state index < -0.39 is 0 Å². The average molecular weight is 196 g/mol. The zero-order chi connectivity index (χ0) is 9.54. The fraction of sp³-hybridized carbons (Fsp3) is 1.00. The van der Waals surface area contributed by atoms with Crippen LogP contribution in [0.4, 0.5) is 0 Å². The molecule has 4 atom stereocenters. The minimum Gasteiger partial charge on any atom is -0.376 e. The van der Waals surface area contributed by atoms with E-state index in [0.717, 1.165) is 12.6 Å². The van der Waals surface area contributed by atoms with E-state index in [-0.39, 0.29) is 0 Å². The SMILES string of the molecule is NC1C2CCOC2C1NC1CCCC1. The van der Waals surface area contributed by atoms with Gasteiger partial charge in [0.2, 0.25) is 0 Å². The molecule has 80 valence electrons. The second-order valence-electron chi connectivity index (χ2n) is 5.04. The number of hydrogen-bond acceptors (Lipinski definition) is 3. The molecule has 1 aliphatic heterocycles. The third-order valence-corrected chi connectivity index (χ3v) is 4.23. The minimum atomic E-state index is 0.350. The first-order valence-electron chi connectivity index (χ1n) is 5.99. The first-order valence-corrected chi connectivity index (χ1v) is 5.99. The third kappa shape index (κ3) is 1.30. The normalized spacial score (nSPS) is 47.8. The highest BCUT2D eigenvalue weighted by molar-refractivity contribution is 5.09. The highest BCUT2D eigenvalue weighted by Gasteiger charge is 2.52. The molecule has 3 N–H and O–H groups in total. The monoisotopic (exact) mass is 196 g/mol. The van der Waals surface area contributed by atoms with Gasteiger partial charge in [0.05, 0.1) is 6.10 Å². The van der Waals surface area contributed by atoms with Gasteiger partial charge >= 0.3 is 0 Å². The molecule has 1 heterocycles. The highest BCUT2D eigenvalue weighted by atomic mass is 16.5. The summed E-state index contributed by atoms with van der Waals surface area (Å²) in [6, 6.07) is 1.52. The van der Waals surface area contributed by atoms with E-state index in [9.17, 15) is 0 Å². The molecule has 0 spiro atoms. The maximum absolute atomic E-state index is 6.14. The fourth-order valence-electron chi connectivity index (χ4n) is 3.32. The lowest BCUT2D eigenvalue weighted by atomic mass is 9.72. The molecule has 0 radical (unpaired) electrons. The van der Waals surface area contributed by atoms with Crippen molar-refractivity contribution >= 4 is 0 Å². The average Bonchev–Trinajstić information content (AvgIpc) is 2.83. The van der Waals surface area contributed by atoms with E-state index in [1.807, 2.05) is 0 Å². The van der Waals surface area contributed by atoms with E-state index >= 15 is 0 Å². The molecular weight excluding hydrogens is 176 g/mol. The van der Waals surface area contributed by atoms with Crippen LogP contribution in [0.15, 0.2) is 0 Å². The van der Waals surface area contributed by atoms with E-state index in [4.69, 9.17) is 10.5 Å². The van der Waals surface area contributed by atoms with Crippen molar-refractivity contribution in [2.75, 3.05) is 6.61 Å². The summed E-state index contributed by atoms with van der Waals surface area (Å²) in [7, 11) is 0. The highest BCUT2D eigenvalue weighted by Crippen LogP contribution is 2.38. The Labute approximate surface area is 85.4 Å². The molecule has 0 bridgehead atoms. The lowest BCUT2D eigenvalue weighted by Crippen LogP contribution is -2.69. The second-order valence-corrected chi connectivity index (χ2v) is 5.04. The van der Waals surface area contributed by atoms with Gasteiger partial charge in [0.15, 0.2) is 0 Å². The van der Waals surface area contributed by atoms with Crippen molar-refractivity contribution in [1.82, 2.24) is 5.32 Å². The van der Waals surface area contributed by atoms with Crippen LogP contribution >= 0.6 is 0 Å². The van der Waals surface area contributed by atoms with E-state index in [1.165, 1.54) is 32.1 Å².